The van der Waals surface area contributed by atoms with Gasteiger partial charge >= 0.3 is 0 Å². The molecule has 0 bridgehead atoms. The van der Waals surface area contributed by atoms with Gasteiger partial charge in [0.25, 0.3) is 0 Å². The molecule has 3 heteroatoms. The summed E-state index contributed by atoms with van der Waals surface area (Å²) in [6.07, 6.45) is 1.15. The van der Waals surface area contributed by atoms with Crippen molar-refractivity contribution in [3.05, 3.63) is 29.8 Å². The molecule has 112 valence electrons. The first kappa shape index (κ1) is 15.3. The number of likely N-dealkylation sites (N-methyl/N-ethyl adjacent to an activating group) is 1. The molecule has 1 aliphatic heterocycles. The van der Waals surface area contributed by atoms with Crippen molar-refractivity contribution in [2.24, 2.45) is 5.41 Å². The minimum atomic E-state index is 0.0900. The smallest absolute Gasteiger partial charge is 0.124 e. The highest BCUT2D eigenvalue weighted by Crippen LogP contribution is 2.33. The molecule has 1 N–H and O–H groups in total. The van der Waals surface area contributed by atoms with Crippen LogP contribution in [0, 0.1) is 5.41 Å². The molecule has 0 saturated carbocycles. The van der Waals surface area contributed by atoms with Gasteiger partial charge in [0.05, 0.1) is 6.04 Å². The summed E-state index contributed by atoms with van der Waals surface area (Å²) in [6.45, 7) is 11.2. The summed E-state index contributed by atoms with van der Waals surface area (Å²) in [5.41, 5.74) is 1.52. The highest BCUT2D eigenvalue weighted by Gasteiger charge is 2.31. The van der Waals surface area contributed by atoms with E-state index in [0.717, 1.165) is 25.3 Å². The van der Waals surface area contributed by atoms with Crippen LogP contribution in [0.15, 0.2) is 24.3 Å². The highest BCUT2D eigenvalue weighted by molar-refractivity contribution is 5.38. The number of para-hydroxylation sites is 1. The zero-order valence-corrected chi connectivity index (χ0v) is 13.1. The van der Waals surface area contributed by atoms with Gasteiger partial charge in [0, 0.05) is 12.2 Å². The van der Waals surface area contributed by atoms with Gasteiger partial charge in [-0.3, -0.25) is 0 Å². The number of nitrogens with one attached hydrogen (secondary N) is 1. The third-order valence-electron chi connectivity index (χ3n) is 3.64. The lowest BCUT2D eigenvalue weighted by molar-refractivity contribution is -0.0235. The largest absolute Gasteiger partial charge is 0.490 e. The maximum Gasteiger partial charge on any atom is 0.124 e. The van der Waals surface area contributed by atoms with Crippen molar-refractivity contribution in [3.63, 3.8) is 0 Å². The average molecular weight is 277 g/mol. The fourth-order valence-electron chi connectivity index (χ4n) is 2.46. The number of hydrogen-bond acceptors (Lipinski definition) is 3. The monoisotopic (exact) mass is 277 g/mol. The Morgan fingerprint density at radius 1 is 1.30 bits per heavy atom. The molecule has 0 fully saturated rings. The third kappa shape index (κ3) is 3.97. The van der Waals surface area contributed by atoms with Gasteiger partial charge in [-0.05, 0) is 24.4 Å². The SMILES string of the molecule is CCNC1c2ccccc2OCC1OCCC(C)(C)C. The Morgan fingerprint density at radius 2 is 2.05 bits per heavy atom. The summed E-state index contributed by atoms with van der Waals surface area (Å²) in [5.74, 6) is 0.981. The van der Waals surface area contributed by atoms with E-state index in [1.165, 1.54) is 5.56 Å². The van der Waals surface area contributed by atoms with E-state index in [2.05, 4.69) is 45.1 Å². The molecular weight excluding hydrogens is 250 g/mol. The second kappa shape index (κ2) is 6.59. The first-order chi connectivity index (χ1) is 9.51. The molecule has 0 radical (unpaired) electrons. The van der Waals surface area contributed by atoms with E-state index in [9.17, 15) is 0 Å². The van der Waals surface area contributed by atoms with Crippen LogP contribution in [0.25, 0.3) is 0 Å². The molecule has 0 saturated heterocycles. The van der Waals surface area contributed by atoms with Crippen LogP contribution < -0.4 is 10.1 Å². The molecule has 2 atom stereocenters. The molecule has 2 rings (SSSR count). The standard InChI is InChI=1S/C17H27NO2/c1-5-18-16-13-8-6-7-9-14(13)20-12-15(16)19-11-10-17(2,3)4/h6-9,15-16,18H,5,10-12H2,1-4H3. The van der Waals surface area contributed by atoms with Crippen LogP contribution in [0.4, 0.5) is 0 Å². The predicted octanol–water partition coefficient (Wildman–Crippen LogP) is 3.55. The second-order valence-corrected chi connectivity index (χ2v) is 6.60. The number of benzene rings is 1. The molecule has 1 aromatic rings. The maximum atomic E-state index is 6.09. The van der Waals surface area contributed by atoms with Crippen LogP contribution in [0.5, 0.6) is 5.75 Å². The minimum Gasteiger partial charge on any atom is -0.490 e. The summed E-state index contributed by atoms with van der Waals surface area (Å²) in [7, 11) is 0. The van der Waals surface area contributed by atoms with Crippen LogP contribution in [0.1, 0.15) is 45.7 Å². The minimum absolute atomic E-state index is 0.0900. The van der Waals surface area contributed by atoms with Crippen molar-refractivity contribution >= 4 is 0 Å². The Labute approximate surface area is 122 Å². The summed E-state index contributed by atoms with van der Waals surface area (Å²) < 4.78 is 11.9. The Balaban J connectivity index is 2.02. The molecular formula is C17H27NO2. The van der Waals surface area contributed by atoms with Crippen molar-refractivity contribution in [3.8, 4) is 5.75 Å². The Hall–Kier alpha value is -1.06. The number of rotatable bonds is 5. The van der Waals surface area contributed by atoms with Crippen LogP contribution in [-0.4, -0.2) is 25.9 Å². The normalized spacial score (nSPS) is 22.2. The van der Waals surface area contributed by atoms with Crippen LogP contribution >= 0.6 is 0 Å². The Morgan fingerprint density at radius 3 is 2.75 bits per heavy atom. The van der Waals surface area contributed by atoms with E-state index < -0.39 is 0 Å². The van der Waals surface area contributed by atoms with Crippen LogP contribution in [0.3, 0.4) is 0 Å². The molecule has 0 spiro atoms. The van der Waals surface area contributed by atoms with E-state index in [1.54, 1.807) is 0 Å². The fourth-order valence-corrected chi connectivity index (χ4v) is 2.46. The molecule has 2 unspecified atom stereocenters. The van der Waals surface area contributed by atoms with Gasteiger partial charge < -0.3 is 14.8 Å². The summed E-state index contributed by atoms with van der Waals surface area (Å²) >= 11 is 0. The molecule has 1 heterocycles. The highest BCUT2D eigenvalue weighted by atomic mass is 16.5. The molecule has 0 aromatic heterocycles. The maximum absolute atomic E-state index is 6.09. The average Bonchev–Trinajstić information content (AvgIpc) is 2.40. The lowest BCUT2D eigenvalue weighted by Crippen LogP contribution is -2.41. The quantitative estimate of drug-likeness (QED) is 0.893. The van der Waals surface area contributed by atoms with Crippen molar-refractivity contribution in [1.29, 1.82) is 0 Å². The van der Waals surface area contributed by atoms with Crippen molar-refractivity contribution in [2.45, 2.75) is 46.3 Å². The molecule has 1 aromatic carbocycles. The summed E-state index contributed by atoms with van der Waals surface area (Å²) in [4.78, 5) is 0. The zero-order valence-electron chi connectivity index (χ0n) is 13.1. The van der Waals surface area contributed by atoms with E-state index in [1.807, 2.05) is 12.1 Å². The van der Waals surface area contributed by atoms with Crippen molar-refractivity contribution < 1.29 is 9.47 Å². The third-order valence-corrected chi connectivity index (χ3v) is 3.64. The first-order valence-corrected chi connectivity index (χ1v) is 7.58. The predicted molar refractivity (Wildman–Crippen MR) is 82.2 cm³/mol. The molecule has 0 aliphatic carbocycles. The van der Waals surface area contributed by atoms with Gasteiger partial charge in [-0.15, -0.1) is 0 Å². The molecule has 20 heavy (non-hydrogen) atoms. The number of ether oxygens (including phenoxy) is 2. The van der Waals surface area contributed by atoms with E-state index in [4.69, 9.17) is 9.47 Å². The van der Waals surface area contributed by atoms with E-state index in [0.29, 0.717) is 12.0 Å². The molecule has 1 aliphatic rings. The molecule has 3 nitrogen and oxygen atoms in total. The van der Waals surface area contributed by atoms with Gasteiger partial charge in [-0.2, -0.15) is 0 Å². The summed E-state index contributed by atoms with van der Waals surface area (Å²) in [5, 5.41) is 3.53. The topological polar surface area (TPSA) is 30.5 Å². The van der Waals surface area contributed by atoms with Gasteiger partial charge in [-0.25, -0.2) is 0 Å². The lowest BCUT2D eigenvalue weighted by atomic mass is 9.93. The van der Waals surface area contributed by atoms with Crippen molar-refractivity contribution in [2.75, 3.05) is 19.8 Å². The number of fused-ring (bicyclic) bond motifs is 1. The molecule has 0 amide bonds. The van der Waals surface area contributed by atoms with Gasteiger partial charge in [0.1, 0.15) is 18.5 Å². The summed E-state index contributed by atoms with van der Waals surface area (Å²) in [6, 6.07) is 8.46. The van der Waals surface area contributed by atoms with Gasteiger partial charge in [0.2, 0.25) is 0 Å². The first-order valence-electron chi connectivity index (χ1n) is 7.58. The Kier molecular flexibility index (Phi) is 5.06. The van der Waals surface area contributed by atoms with Gasteiger partial charge in [-0.1, -0.05) is 45.9 Å². The van der Waals surface area contributed by atoms with Crippen molar-refractivity contribution in [1.82, 2.24) is 5.32 Å². The Bertz CT molecular complexity index is 425. The zero-order chi connectivity index (χ0) is 14.6. The van der Waals surface area contributed by atoms with Gasteiger partial charge in [0.15, 0.2) is 0 Å². The second-order valence-electron chi connectivity index (χ2n) is 6.60. The van der Waals surface area contributed by atoms with E-state index in [-0.39, 0.29) is 12.1 Å². The fraction of sp³-hybridized carbons (Fsp3) is 0.647. The van der Waals surface area contributed by atoms with Crippen LogP contribution in [-0.2, 0) is 4.74 Å². The van der Waals surface area contributed by atoms with E-state index >= 15 is 0 Å². The lowest BCUT2D eigenvalue weighted by Gasteiger charge is -2.34. The number of hydrogen-bond donors (Lipinski definition) is 1. The van der Waals surface area contributed by atoms with Crippen LogP contribution in [0.2, 0.25) is 0 Å².